The van der Waals surface area contributed by atoms with E-state index in [2.05, 4.69) is 24.1 Å². The monoisotopic (exact) mass is 248 g/mol. The number of anilines is 1. The Kier molecular flexibility index (Phi) is 5.02. The lowest BCUT2D eigenvalue weighted by Crippen LogP contribution is -2.25. The molecule has 0 spiro atoms. The van der Waals surface area contributed by atoms with Crippen LogP contribution in [0, 0.1) is 5.92 Å². The van der Waals surface area contributed by atoms with Gasteiger partial charge in [-0.1, -0.05) is 12.1 Å². The zero-order chi connectivity index (χ0) is 12.8. The maximum Gasteiger partial charge on any atom is 0.0593 e. The van der Waals surface area contributed by atoms with E-state index in [0.29, 0.717) is 0 Å². The number of ether oxygens (including phenoxy) is 1. The van der Waals surface area contributed by atoms with E-state index in [1.54, 1.807) is 0 Å². The number of likely N-dealkylation sites (N-methyl/N-ethyl adjacent to an activating group) is 1. The molecule has 0 bridgehead atoms. The molecule has 0 atom stereocenters. The number of hydrogen-bond acceptors (Lipinski definition) is 3. The van der Waals surface area contributed by atoms with Crippen molar-refractivity contribution in [2.45, 2.75) is 19.3 Å². The summed E-state index contributed by atoms with van der Waals surface area (Å²) < 4.78 is 5.64. The van der Waals surface area contributed by atoms with Gasteiger partial charge in [-0.15, -0.1) is 0 Å². The van der Waals surface area contributed by atoms with Crippen LogP contribution in [0.2, 0.25) is 0 Å². The Balaban J connectivity index is 1.55. The Morgan fingerprint density at radius 1 is 1.22 bits per heavy atom. The summed E-state index contributed by atoms with van der Waals surface area (Å²) in [6, 6.07) is 8.14. The van der Waals surface area contributed by atoms with Crippen molar-refractivity contribution in [2.24, 2.45) is 5.92 Å². The molecule has 0 unspecified atom stereocenters. The first-order valence-electron chi connectivity index (χ1n) is 6.85. The van der Waals surface area contributed by atoms with E-state index in [0.717, 1.165) is 44.3 Å². The third kappa shape index (κ3) is 5.07. The highest BCUT2D eigenvalue weighted by Gasteiger charge is 2.20. The number of nitrogen functional groups attached to an aromatic ring is 1. The van der Waals surface area contributed by atoms with Gasteiger partial charge >= 0.3 is 0 Å². The summed E-state index contributed by atoms with van der Waals surface area (Å²) in [7, 11) is 2.15. The summed E-state index contributed by atoms with van der Waals surface area (Å²) in [6.45, 7) is 3.90. The van der Waals surface area contributed by atoms with Gasteiger partial charge in [-0.05, 0) is 49.9 Å². The van der Waals surface area contributed by atoms with Gasteiger partial charge in [0.25, 0.3) is 0 Å². The van der Waals surface area contributed by atoms with Crippen molar-refractivity contribution in [3.05, 3.63) is 29.8 Å². The molecule has 1 aromatic carbocycles. The number of benzene rings is 1. The van der Waals surface area contributed by atoms with E-state index in [-0.39, 0.29) is 0 Å². The highest BCUT2D eigenvalue weighted by molar-refractivity contribution is 5.39. The summed E-state index contributed by atoms with van der Waals surface area (Å²) >= 11 is 0. The third-order valence-electron chi connectivity index (χ3n) is 3.43. The second-order valence-corrected chi connectivity index (χ2v) is 5.31. The van der Waals surface area contributed by atoms with Crippen LogP contribution in [0.15, 0.2) is 24.3 Å². The van der Waals surface area contributed by atoms with Crippen LogP contribution in [0.25, 0.3) is 0 Å². The largest absolute Gasteiger partial charge is 0.399 e. The maximum absolute atomic E-state index is 5.67. The zero-order valence-electron chi connectivity index (χ0n) is 11.3. The van der Waals surface area contributed by atoms with Gasteiger partial charge in [-0.3, -0.25) is 0 Å². The second kappa shape index (κ2) is 6.76. The van der Waals surface area contributed by atoms with Crippen LogP contribution in [0.3, 0.4) is 0 Å². The van der Waals surface area contributed by atoms with Gasteiger partial charge in [-0.25, -0.2) is 0 Å². The van der Waals surface area contributed by atoms with E-state index in [9.17, 15) is 0 Å². The predicted molar refractivity (Wildman–Crippen MR) is 75.6 cm³/mol. The lowest BCUT2D eigenvalue weighted by Gasteiger charge is -2.16. The minimum atomic E-state index is 0.834. The van der Waals surface area contributed by atoms with Gasteiger partial charge in [0.1, 0.15) is 0 Å². The molecule has 0 radical (unpaired) electrons. The molecule has 0 amide bonds. The van der Waals surface area contributed by atoms with Crippen molar-refractivity contribution in [2.75, 3.05) is 39.1 Å². The smallest absolute Gasteiger partial charge is 0.0593 e. The molecular weight excluding hydrogens is 224 g/mol. The molecule has 0 saturated heterocycles. The van der Waals surface area contributed by atoms with Crippen LogP contribution in [0.4, 0.5) is 5.69 Å². The molecule has 0 heterocycles. The minimum Gasteiger partial charge on any atom is -0.399 e. The molecule has 1 saturated carbocycles. The second-order valence-electron chi connectivity index (χ2n) is 5.31. The molecule has 0 aromatic heterocycles. The molecule has 2 rings (SSSR count). The van der Waals surface area contributed by atoms with Crippen LogP contribution in [-0.2, 0) is 11.2 Å². The lowest BCUT2D eigenvalue weighted by molar-refractivity contribution is 0.104. The summed E-state index contributed by atoms with van der Waals surface area (Å²) in [5.41, 5.74) is 7.84. The van der Waals surface area contributed by atoms with Crippen molar-refractivity contribution in [1.82, 2.24) is 4.90 Å². The number of nitrogens with zero attached hydrogens (tertiary/aromatic N) is 1. The Bertz CT molecular complexity index is 346. The maximum atomic E-state index is 5.67. The van der Waals surface area contributed by atoms with Crippen LogP contribution < -0.4 is 5.73 Å². The Hall–Kier alpha value is -1.06. The molecule has 3 nitrogen and oxygen atoms in total. The summed E-state index contributed by atoms with van der Waals surface area (Å²) in [5, 5.41) is 0. The van der Waals surface area contributed by atoms with E-state index >= 15 is 0 Å². The fourth-order valence-electron chi connectivity index (χ4n) is 1.87. The van der Waals surface area contributed by atoms with E-state index in [1.807, 2.05) is 12.1 Å². The van der Waals surface area contributed by atoms with Crippen LogP contribution in [0.1, 0.15) is 18.4 Å². The van der Waals surface area contributed by atoms with Crippen molar-refractivity contribution in [3.63, 3.8) is 0 Å². The highest BCUT2D eigenvalue weighted by Crippen LogP contribution is 2.28. The quantitative estimate of drug-likeness (QED) is 0.566. The Labute approximate surface area is 110 Å². The van der Waals surface area contributed by atoms with Crippen LogP contribution in [-0.4, -0.2) is 38.3 Å². The van der Waals surface area contributed by atoms with E-state index in [1.165, 1.54) is 18.4 Å². The molecule has 1 aliphatic rings. The molecule has 2 N–H and O–H groups in total. The highest BCUT2D eigenvalue weighted by atomic mass is 16.5. The number of rotatable bonds is 8. The first kappa shape index (κ1) is 13.4. The molecule has 1 fully saturated rings. The van der Waals surface area contributed by atoms with Crippen molar-refractivity contribution >= 4 is 5.69 Å². The normalized spacial score (nSPS) is 15.2. The van der Waals surface area contributed by atoms with Crippen LogP contribution >= 0.6 is 0 Å². The molecular formula is C15H24N2O. The Morgan fingerprint density at radius 2 is 1.94 bits per heavy atom. The van der Waals surface area contributed by atoms with Gasteiger partial charge in [0.15, 0.2) is 0 Å². The van der Waals surface area contributed by atoms with Crippen molar-refractivity contribution in [1.29, 1.82) is 0 Å². The van der Waals surface area contributed by atoms with Gasteiger partial charge in [0.2, 0.25) is 0 Å². The van der Waals surface area contributed by atoms with Gasteiger partial charge in [-0.2, -0.15) is 0 Å². The number of nitrogens with two attached hydrogens (primary N) is 1. The van der Waals surface area contributed by atoms with Gasteiger partial charge in [0.05, 0.1) is 6.61 Å². The van der Waals surface area contributed by atoms with E-state index < -0.39 is 0 Å². The summed E-state index contributed by atoms with van der Waals surface area (Å²) in [6.07, 6.45) is 3.80. The van der Waals surface area contributed by atoms with Crippen LogP contribution in [0.5, 0.6) is 0 Å². The van der Waals surface area contributed by atoms with Crippen molar-refractivity contribution < 1.29 is 4.74 Å². The Morgan fingerprint density at radius 3 is 2.61 bits per heavy atom. The molecule has 100 valence electrons. The van der Waals surface area contributed by atoms with E-state index in [4.69, 9.17) is 10.5 Å². The molecule has 0 aliphatic heterocycles. The van der Waals surface area contributed by atoms with Gasteiger partial charge < -0.3 is 15.4 Å². The molecule has 3 heteroatoms. The molecule has 18 heavy (non-hydrogen) atoms. The van der Waals surface area contributed by atoms with Gasteiger partial charge in [0, 0.05) is 25.4 Å². The summed E-state index contributed by atoms with van der Waals surface area (Å²) in [4.78, 5) is 2.32. The fraction of sp³-hybridized carbons (Fsp3) is 0.600. The first-order valence-corrected chi connectivity index (χ1v) is 6.85. The zero-order valence-corrected chi connectivity index (χ0v) is 11.3. The standard InChI is InChI=1S/C15H24N2O/c1-17(10-11-18-12-14-2-3-14)9-8-13-4-6-15(16)7-5-13/h4-7,14H,2-3,8-12,16H2,1H3. The minimum absolute atomic E-state index is 0.834. The molecule has 1 aliphatic carbocycles. The summed E-state index contributed by atoms with van der Waals surface area (Å²) in [5.74, 6) is 0.866. The third-order valence-corrected chi connectivity index (χ3v) is 3.43. The topological polar surface area (TPSA) is 38.5 Å². The molecule has 1 aromatic rings. The fourth-order valence-corrected chi connectivity index (χ4v) is 1.87. The SMILES string of the molecule is CN(CCOCC1CC1)CCc1ccc(N)cc1. The number of hydrogen-bond donors (Lipinski definition) is 1. The first-order chi connectivity index (χ1) is 8.74. The predicted octanol–water partition coefficient (Wildman–Crippen LogP) is 2.17. The lowest BCUT2D eigenvalue weighted by atomic mass is 10.1. The average molecular weight is 248 g/mol. The average Bonchev–Trinajstić information content (AvgIpc) is 3.18. The van der Waals surface area contributed by atoms with Crippen molar-refractivity contribution in [3.8, 4) is 0 Å².